The summed E-state index contributed by atoms with van der Waals surface area (Å²) in [6.07, 6.45) is 6.06. The number of rotatable bonds is 9. The van der Waals surface area contributed by atoms with Gasteiger partial charge in [-0.25, -0.2) is 4.99 Å². The molecule has 6 heteroatoms. The zero-order valence-corrected chi connectivity index (χ0v) is 16.5. The fourth-order valence-corrected chi connectivity index (χ4v) is 3.10. The van der Waals surface area contributed by atoms with Crippen LogP contribution in [0.15, 0.2) is 38.8 Å². The van der Waals surface area contributed by atoms with Crippen molar-refractivity contribution in [2.45, 2.75) is 32.6 Å². The van der Waals surface area contributed by atoms with Crippen LogP contribution in [0.3, 0.4) is 0 Å². The van der Waals surface area contributed by atoms with Gasteiger partial charge in [0.2, 0.25) is 5.90 Å². The molecule has 0 saturated carbocycles. The number of benzene rings is 1. The van der Waals surface area contributed by atoms with Gasteiger partial charge in [-0.15, -0.1) is 0 Å². The highest BCUT2D eigenvalue weighted by molar-refractivity contribution is 9.11. The van der Waals surface area contributed by atoms with Gasteiger partial charge in [0.25, 0.3) is 0 Å². The summed E-state index contributed by atoms with van der Waals surface area (Å²) in [5.41, 5.74) is 2.93. The molecule has 3 rings (SSSR count). The quantitative estimate of drug-likeness (QED) is 0.542. The van der Waals surface area contributed by atoms with Crippen molar-refractivity contribution in [3.8, 4) is 5.75 Å². The normalized spacial score (nSPS) is 13.8. The van der Waals surface area contributed by atoms with Crippen LogP contribution in [0.2, 0.25) is 0 Å². The largest absolute Gasteiger partial charge is 0.493 e. The predicted octanol–water partition coefficient (Wildman–Crippen LogP) is 4.92. The van der Waals surface area contributed by atoms with Crippen LogP contribution >= 0.6 is 15.9 Å². The van der Waals surface area contributed by atoms with E-state index in [1.807, 2.05) is 42.3 Å². The Morgan fingerprint density at radius 2 is 2.15 bits per heavy atom. The summed E-state index contributed by atoms with van der Waals surface area (Å²) in [5.74, 6) is 2.54. The zero-order chi connectivity index (χ0) is 18.2. The Kier molecular flexibility index (Phi) is 6.89. The molecule has 26 heavy (non-hydrogen) atoms. The molecule has 0 spiro atoms. The molecule has 2 heterocycles. The van der Waals surface area contributed by atoms with Crippen LogP contribution in [-0.4, -0.2) is 30.8 Å². The van der Waals surface area contributed by atoms with E-state index in [1.54, 1.807) is 0 Å². The molecule has 0 amide bonds. The van der Waals surface area contributed by atoms with Gasteiger partial charge in [0.05, 0.1) is 18.8 Å². The van der Waals surface area contributed by atoms with Crippen molar-refractivity contribution in [1.29, 1.82) is 0 Å². The highest BCUT2D eigenvalue weighted by Crippen LogP contribution is 2.24. The number of ether oxygens (including phenoxy) is 2. The summed E-state index contributed by atoms with van der Waals surface area (Å²) >= 11 is 3.34. The second kappa shape index (κ2) is 9.57. The minimum atomic E-state index is 0.658. The molecule has 0 N–H and O–H groups in total. The summed E-state index contributed by atoms with van der Waals surface area (Å²) in [6, 6.07) is 8.02. The molecule has 0 unspecified atom stereocenters. The Bertz CT molecular complexity index is 783. The monoisotopic (exact) mass is 418 g/mol. The lowest BCUT2D eigenvalue weighted by Gasteiger charge is -2.11. The maximum atomic E-state index is 5.98. The van der Waals surface area contributed by atoms with Crippen molar-refractivity contribution in [3.05, 3.63) is 51.8 Å². The molecule has 1 aliphatic rings. The third kappa shape index (κ3) is 5.21. The third-order valence-corrected chi connectivity index (χ3v) is 4.35. The number of hydrogen-bond donors (Lipinski definition) is 0. The minimum Gasteiger partial charge on any atom is -0.493 e. The van der Waals surface area contributed by atoms with Crippen LogP contribution in [0.25, 0.3) is 6.08 Å². The van der Waals surface area contributed by atoms with Crippen LogP contribution in [0.1, 0.15) is 41.8 Å². The molecule has 0 radical (unpaired) electrons. The van der Waals surface area contributed by atoms with Crippen molar-refractivity contribution in [2.75, 3.05) is 19.8 Å². The average Bonchev–Trinajstić information content (AvgIpc) is 3.31. The lowest BCUT2D eigenvalue weighted by molar-refractivity contribution is 0.302. The van der Waals surface area contributed by atoms with Crippen molar-refractivity contribution in [3.63, 3.8) is 0 Å². The molecule has 2 aromatic rings. The van der Waals surface area contributed by atoms with Crippen LogP contribution in [0.4, 0.5) is 0 Å². The molecular formula is C20H23BrN2O3. The number of hydrogen-bond acceptors (Lipinski definition) is 5. The second-order valence-electron chi connectivity index (χ2n) is 6.17. The molecule has 0 bridgehead atoms. The first-order valence-electron chi connectivity index (χ1n) is 8.89. The second-order valence-corrected chi connectivity index (χ2v) is 6.70. The van der Waals surface area contributed by atoms with E-state index in [0.717, 1.165) is 60.6 Å². The fraction of sp³-hybridized carbons (Fsp3) is 0.400. The van der Waals surface area contributed by atoms with Crippen LogP contribution < -0.4 is 4.74 Å². The lowest BCUT2D eigenvalue weighted by atomic mass is 10.1. The zero-order valence-electron chi connectivity index (χ0n) is 14.9. The number of halogens is 1. The molecule has 0 atom stereocenters. The Morgan fingerprint density at radius 1 is 1.23 bits per heavy atom. The van der Waals surface area contributed by atoms with Gasteiger partial charge >= 0.3 is 0 Å². The Balaban J connectivity index is 1.47. The Labute approximate surface area is 162 Å². The molecule has 5 nitrogen and oxygen atoms in total. The van der Waals surface area contributed by atoms with Crippen LogP contribution in [-0.2, 0) is 11.2 Å². The topological polar surface area (TPSA) is 56.9 Å². The highest BCUT2D eigenvalue weighted by Gasteiger charge is 2.12. The fourth-order valence-electron chi connectivity index (χ4n) is 2.82. The minimum absolute atomic E-state index is 0.658. The van der Waals surface area contributed by atoms with Crippen molar-refractivity contribution in [2.24, 2.45) is 4.99 Å². The van der Waals surface area contributed by atoms with E-state index in [9.17, 15) is 0 Å². The molecule has 0 aliphatic carbocycles. The van der Waals surface area contributed by atoms with Crippen LogP contribution in [0, 0.1) is 6.92 Å². The first-order valence-corrected chi connectivity index (χ1v) is 9.81. The first-order chi connectivity index (χ1) is 12.8. The Hall–Kier alpha value is -2.08. The number of aliphatic imine (C=N–C) groups is 1. The molecular weight excluding hydrogens is 396 g/mol. The van der Waals surface area contributed by atoms with E-state index in [-0.39, 0.29) is 0 Å². The van der Waals surface area contributed by atoms with Gasteiger partial charge in [0.1, 0.15) is 18.1 Å². The van der Waals surface area contributed by atoms with Crippen LogP contribution in [0.5, 0.6) is 5.75 Å². The summed E-state index contributed by atoms with van der Waals surface area (Å²) in [4.78, 5) is 6.19. The number of aryl methyl sites for hydroxylation is 2. The summed E-state index contributed by atoms with van der Waals surface area (Å²) in [7, 11) is 0. The molecule has 1 aliphatic heterocycles. The summed E-state index contributed by atoms with van der Waals surface area (Å²) in [5, 5.41) is 3.91. The molecule has 138 valence electrons. The van der Waals surface area contributed by atoms with Gasteiger partial charge in [-0.05, 0) is 55.4 Å². The summed E-state index contributed by atoms with van der Waals surface area (Å²) < 4.78 is 16.7. The number of unbranched alkanes of at least 4 members (excludes halogenated alkanes) is 2. The van der Waals surface area contributed by atoms with Gasteiger partial charge in [-0.1, -0.05) is 21.1 Å². The molecule has 0 fully saturated rings. The standard InChI is InChI=1S/C20H23BrN2O3/c1-15-13-18(26-23-15)5-3-2-4-11-24-19-7-6-17(14-16(19)8-9-21)20-22-10-12-25-20/h6-9,13-14H,2-5,10-12H2,1H3/b9-8+. The van der Waals surface area contributed by atoms with Crippen molar-refractivity contribution < 1.29 is 14.0 Å². The van der Waals surface area contributed by atoms with Gasteiger partial charge in [0, 0.05) is 23.6 Å². The number of nitrogens with zero attached hydrogens (tertiary/aromatic N) is 2. The van der Waals surface area contributed by atoms with E-state index in [1.165, 1.54) is 0 Å². The lowest BCUT2D eigenvalue weighted by Crippen LogP contribution is -2.03. The molecule has 1 aromatic carbocycles. The smallest absolute Gasteiger partial charge is 0.216 e. The van der Waals surface area contributed by atoms with E-state index >= 15 is 0 Å². The number of aromatic nitrogens is 1. The average molecular weight is 419 g/mol. The highest BCUT2D eigenvalue weighted by atomic mass is 79.9. The molecule has 0 saturated heterocycles. The van der Waals surface area contributed by atoms with Gasteiger partial charge < -0.3 is 14.0 Å². The predicted molar refractivity (Wildman–Crippen MR) is 106 cm³/mol. The van der Waals surface area contributed by atoms with E-state index in [2.05, 4.69) is 26.1 Å². The van der Waals surface area contributed by atoms with Crippen molar-refractivity contribution in [1.82, 2.24) is 5.16 Å². The molecule has 1 aromatic heterocycles. The van der Waals surface area contributed by atoms with Gasteiger partial charge in [0.15, 0.2) is 0 Å². The third-order valence-electron chi connectivity index (χ3n) is 4.09. The Morgan fingerprint density at radius 3 is 2.88 bits per heavy atom. The first kappa shape index (κ1) is 18.7. The SMILES string of the molecule is Cc1cc(CCCCCOc2ccc(C3=NCCO3)cc2/C=C/Br)on1. The van der Waals surface area contributed by atoms with Gasteiger partial charge in [-0.2, -0.15) is 0 Å². The maximum absolute atomic E-state index is 5.98. The summed E-state index contributed by atoms with van der Waals surface area (Å²) in [6.45, 7) is 4.02. The van der Waals surface area contributed by atoms with E-state index in [4.69, 9.17) is 14.0 Å². The van der Waals surface area contributed by atoms with E-state index in [0.29, 0.717) is 19.1 Å². The maximum Gasteiger partial charge on any atom is 0.216 e. The van der Waals surface area contributed by atoms with Gasteiger partial charge in [-0.3, -0.25) is 0 Å². The van der Waals surface area contributed by atoms with Crippen molar-refractivity contribution >= 4 is 27.9 Å². The van der Waals surface area contributed by atoms with E-state index < -0.39 is 0 Å².